The fraction of sp³-hybridized carbons (Fsp3) is 0.605. The van der Waals surface area contributed by atoms with E-state index in [-0.39, 0.29) is 46.9 Å². The van der Waals surface area contributed by atoms with Crippen LogP contribution in [0.3, 0.4) is 0 Å². The highest BCUT2D eigenvalue weighted by atomic mass is 35.5. The Balaban J connectivity index is 1.43. The number of nitrogens with one attached hydrogen (secondary N) is 1. The van der Waals surface area contributed by atoms with E-state index >= 15 is 0 Å². The summed E-state index contributed by atoms with van der Waals surface area (Å²) in [5.74, 6) is 0.0620. The number of sulfone groups is 1. The Hall–Kier alpha value is -2.42. The van der Waals surface area contributed by atoms with Gasteiger partial charge < -0.3 is 14.1 Å². The molecule has 2 aromatic carbocycles. The highest BCUT2D eigenvalue weighted by Gasteiger charge is 2.47. The highest BCUT2D eigenvalue weighted by Crippen LogP contribution is 2.48. The van der Waals surface area contributed by atoms with Crippen molar-refractivity contribution in [1.82, 2.24) is 9.03 Å². The summed E-state index contributed by atoms with van der Waals surface area (Å²) in [5.41, 5.74) is 3.12. The minimum absolute atomic E-state index is 0.00875. The number of amides is 1. The molecule has 4 aliphatic rings. The zero-order valence-corrected chi connectivity index (χ0v) is 34.7. The zero-order chi connectivity index (χ0) is 37.7. The molecule has 0 unspecified atom stereocenters. The van der Waals surface area contributed by atoms with Crippen LogP contribution < -0.4 is 14.4 Å². The monoisotopic (exact) mass is 791 g/mol. The maximum atomic E-state index is 13.7. The lowest BCUT2D eigenvalue weighted by atomic mass is 9.68. The number of halogens is 1. The van der Waals surface area contributed by atoms with Crippen molar-refractivity contribution in [3.05, 3.63) is 70.3 Å². The van der Waals surface area contributed by atoms with Crippen LogP contribution in [0, 0.1) is 11.8 Å². The topological polar surface area (TPSA) is 122 Å². The van der Waals surface area contributed by atoms with Gasteiger partial charge in [0, 0.05) is 48.4 Å². The first kappa shape index (κ1) is 39.3. The molecule has 2 aliphatic carbocycles. The van der Waals surface area contributed by atoms with Gasteiger partial charge in [-0.3, -0.25) is 4.79 Å². The summed E-state index contributed by atoms with van der Waals surface area (Å²) in [4.78, 5) is 16.1. The molecule has 2 bridgehead atoms. The summed E-state index contributed by atoms with van der Waals surface area (Å²) < 4.78 is 68.6. The van der Waals surface area contributed by atoms with E-state index in [4.69, 9.17) is 20.8 Å². The number of rotatable bonds is 5. The number of benzene rings is 2. The largest absolute Gasteiger partial charge is 0.490 e. The Bertz CT molecular complexity index is 1930. The molecule has 10 nitrogen and oxygen atoms in total. The average molecular weight is 793 g/mol. The number of aryl methyl sites for hydroxylation is 1. The van der Waals surface area contributed by atoms with E-state index in [2.05, 4.69) is 61.7 Å². The van der Waals surface area contributed by atoms with Crippen molar-refractivity contribution in [1.29, 1.82) is 0 Å². The van der Waals surface area contributed by atoms with E-state index < -0.39 is 34.3 Å². The van der Waals surface area contributed by atoms with Gasteiger partial charge in [0.2, 0.25) is 0 Å². The van der Waals surface area contributed by atoms with Crippen molar-refractivity contribution in [2.75, 3.05) is 49.7 Å². The molecule has 1 spiro atoms. The van der Waals surface area contributed by atoms with Gasteiger partial charge in [-0.2, -0.15) is 12.7 Å². The van der Waals surface area contributed by atoms with Gasteiger partial charge in [0.1, 0.15) is 15.6 Å². The standard InChI is InChI=1S/C38H54ClN3O7S2Si/c1-37(2,3)52(5,6)49-34-11-7-8-19-42(20-21-50(4,44)45)51(46,47)40-36(43)28-13-17-35-33(23-28)41(24-29-12-15-31(29)34)25-38(26-48-35)18-9-10-27-22-30(39)14-16-32(27)38/h7,11,13-14,16-17,22-23,29,31,34H,8-10,12,15,18-21,24-26H2,1-6H3,(H,40,43)/b11-7+/t29-,31+,34-,38-/m0/s1. The van der Waals surface area contributed by atoms with E-state index in [0.717, 1.165) is 59.9 Å². The molecular weight excluding hydrogens is 738 g/mol. The van der Waals surface area contributed by atoms with Crippen LogP contribution in [0.2, 0.25) is 23.2 Å². The van der Waals surface area contributed by atoms with E-state index in [1.165, 1.54) is 11.1 Å². The van der Waals surface area contributed by atoms with Gasteiger partial charge >= 0.3 is 10.2 Å². The number of ether oxygens (including phenoxy) is 1. The summed E-state index contributed by atoms with van der Waals surface area (Å²) >= 11 is 6.47. The lowest BCUT2D eigenvalue weighted by Gasteiger charge is -2.48. The van der Waals surface area contributed by atoms with E-state index in [0.29, 0.717) is 31.2 Å². The molecule has 0 radical (unpaired) electrons. The number of hydrogen-bond acceptors (Lipinski definition) is 8. The van der Waals surface area contributed by atoms with Crippen LogP contribution >= 0.6 is 11.6 Å². The maximum absolute atomic E-state index is 13.7. The van der Waals surface area contributed by atoms with Crippen molar-refractivity contribution in [2.24, 2.45) is 11.8 Å². The molecule has 6 rings (SSSR count). The van der Waals surface area contributed by atoms with Crippen molar-refractivity contribution in [3.63, 3.8) is 0 Å². The van der Waals surface area contributed by atoms with Gasteiger partial charge in [-0.25, -0.2) is 13.1 Å². The van der Waals surface area contributed by atoms with Crippen LogP contribution in [-0.4, -0.2) is 86.3 Å². The number of anilines is 1. The lowest BCUT2D eigenvalue weighted by molar-refractivity contribution is 0.0524. The Labute approximate surface area is 316 Å². The fourth-order valence-corrected chi connectivity index (χ4v) is 11.2. The van der Waals surface area contributed by atoms with Gasteiger partial charge in [0.25, 0.3) is 5.91 Å². The van der Waals surface area contributed by atoms with Gasteiger partial charge in [0.05, 0.1) is 24.2 Å². The third kappa shape index (κ3) is 8.44. The summed E-state index contributed by atoms with van der Waals surface area (Å²) in [5, 5.41) is 0.711. The normalized spacial score (nSPS) is 27.7. The molecule has 0 aromatic heterocycles. The smallest absolute Gasteiger partial charge is 0.304 e. The number of carbonyl (C=O) groups is 1. The number of hydrogen-bond donors (Lipinski definition) is 1. The quantitative estimate of drug-likeness (QED) is 0.269. The van der Waals surface area contributed by atoms with E-state index in [9.17, 15) is 21.6 Å². The Morgan fingerprint density at radius 1 is 1.13 bits per heavy atom. The Morgan fingerprint density at radius 2 is 1.90 bits per heavy atom. The van der Waals surface area contributed by atoms with Crippen molar-refractivity contribution >= 4 is 51.6 Å². The molecule has 52 heavy (non-hydrogen) atoms. The second-order valence-corrected chi connectivity index (χ2v) is 25.9. The first-order chi connectivity index (χ1) is 24.3. The maximum Gasteiger partial charge on any atom is 0.304 e. The predicted octanol–water partition coefficient (Wildman–Crippen LogP) is 6.51. The molecule has 4 atom stereocenters. The van der Waals surface area contributed by atoms with Crippen LogP contribution in [0.1, 0.15) is 74.4 Å². The molecule has 1 N–H and O–H groups in total. The molecular formula is C38H54ClN3O7S2Si. The minimum atomic E-state index is -4.39. The van der Waals surface area contributed by atoms with Crippen molar-refractivity contribution in [2.45, 2.75) is 88.9 Å². The average Bonchev–Trinajstić information content (AvgIpc) is 3.17. The number of nitrogens with zero attached hydrogens (tertiary/aromatic N) is 2. The molecule has 14 heteroatoms. The van der Waals surface area contributed by atoms with Gasteiger partial charge in [-0.15, -0.1) is 0 Å². The fourth-order valence-electron chi connectivity index (χ4n) is 7.89. The molecule has 1 saturated carbocycles. The van der Waals surface area contributed by atoms with Crippen LogP contribution in [0.25, 0.3) is 0 Å². The SMILES string of the molecule is CC(C)(C)[Si](C)(C)O[C@H]1/C=C/CCN(CCS(C)(=O)=O)S(=O)(=O)NC(=O)c2ccc3c(c2)N(C[C@@H]2CC[C@H]21)C[C@@]1(CCCc2cc(Cl)ccc21)CO3. The first-order valence-corrected chi connectivity index (χ1v) is 25.2. The third-order valence-corrected chi connectivity index (χ3v) is 19.2. The summed E-state index contributed by atoms with van der Waals surface area (Å²) in [6.45, 7) is 12.8. The minimum Gasteiger partial charge on any atom is -0.490 e. The second kappa shape index (κ2) is 14.7. The molecule has 0 saturated heterocycles. The predicted molar refractivity (Wildman–Crippen MR) is 210 cm³/mol. The van der Waals surface area contributed by atoms with Gasteiger partial charge in [0.15, 0.2) is 8.32 Å². The summed E-state index contributed by atoms with van der Waals surface area (Å²) in [6.07, 6.45) is 10.3. The number of fused-ring (bicyclic) bond motifs is 4. The van der Waals surface area contributed by atoms with Crippen LogP contribution in [-0.2, 0) is 36.3 Å². The summed E-state index contributed by atoms with van der Waals surface area (Å²) in [7, 11) is -10.1. The molecule has 2 aromatic rings. The van der Waals surface area contributed by atoms with Gasteiger partial charge in [-0.1, -0.05) is 50.6 Å². The third-order valence-electron chi connectivity index (χ3n) is 12.0. The lowest BCUT2D eigenvalue weighted by Crippen LogP contribution is -2.52. The number of carbonyl (C=O) groups excluding carboxylic acids is 1. The molecule has 2 heterocycles. The second-order valence-electron chi connectivity index (χ2n) is 16.8. The van der Waals surface area contributed by atoms with E-state index in [1.54, 1.807) is 18.2 Å². The van der Waals surface area contributed by atoms with Crippen molar-refractivity contribution < 1.29 is 30.8 Å². The van der Waals surface area contributed by atoms with Crippen LogP contribution in [0.5, 0.6) is 5.75 Å². The van der Waals surface area contributed by atoms with Crippen molar-refractivity contribution in [3.8, 4) is 5.75 Å². The van der Waals surface area contributed by atoms with Crippen LogP contribution in [0.15, 0.2) is 48.6 Å². The van der Waals surface area contributed by atoms with Crippen LogP contribution in [0.4, 0.5) is 5.69 Å². The first-order valence-electron chi connectivity index (χ1n) is 18.4. The zero-order valence-electron chi connectivity index (χ0n) is 31.3. The molecule has 1 fully saturated rings. The van der Waals surface area contributed by atoms with Gasteiger partial charge in [-0.05, 0) is 110 Å². The highest BCUT2D eigenvalue weighted by molar-refractivity contribution is 7.90. The van der Waals surface area contributed by atoms with E-state index in [1.807, 2.05) is 12.1 Å². The molecule has 286 valence electrons. The molecule has 2 aliphatic heterocycles. The Morgan fingerprint density at radius 3 is 2.60 bits per heavy atom. The summed E-state index contributed by atoms with van der Waals surface area (Å²) in [6, 6.07) is 11.3. The molecule has 1 amide bonds. The Kier molecular flexibility index (Phi) is 11.1.